The van der Waals surface area contributed by atoms with Gasteiger partial charge in [-0.15, -0.1) is 0 Å². The van der Waals surface area contributed by atoms with Crippen molar-refractivity contribution in [2.75, 3.05) is 6.54 Å². The lowest BCUT2D eigenvalue weighted by molar-refractivity contribution is 0.301. The minimum Gasteiger partial charge on any atom is -0.312 e. The molecule has 1 aromatic carbocycles. The lowest BCUT2D eigenvalue weighted by atomic mass is 9.85. The molecule has 0 atom stereocenters. The fourth-order valence-corrected chi connectivity index (χ4v) is 1.88. The van der Waals surface area contributed by atoms with Gasteiger partial charge in [0.2, 0.25) is 0 Å². The van der Waals surface area contributed by atoms with Gasteiger partial charge in [0.15, 0.2) is 0 Å². The molecule has 0 radical (unpaired) electrons. The Hall–Kier alpha value is -0.600. The SMILES string of the molecule is Fc1cc(CNCC2CCC2)ccc1Cl. The Bertz CT molecular complexity index is 336. The number of rotatable bonds is 4. The molecule has 0 aromatic heterocycles. The second kappa shape index (κ2) is 4.95. The molecule has 0 saturated heterocycles. The molecule has 0 heterocycles. The van der Waals surface area contributed by atoms with Crippen molar-refractivity contribution in [3.8, 4) is 0 Å². The highest BCUT2D eigenvalue weighted by Gasteiger charge is 2.16. The molecular weight excluding hydrogens is 213 g/mol. The molecule has 82 valence electrons. The van der Waals surface area contributed by atoms with Crippen LogP contribution in [-0.4, -0.2) is 6.54 Å². The summed E-state index contributed by atoms with van der Waals surface area (Å²) in [5.41, 5.74) is 0.955. The second-order valence-electron chi connectivity index (χ2n) is 4.18. The van der Waals surface area contributed by atoms with E-state index in [-0.39, 0.29) is 10.8 Å². The molecule has 1 aromatic rings. The van der Waals surface area contributed by atoms with Crippen LogP contribution >= 0.6 is 11.6 Å². The summed E-state index contributed by atoms with van der Waals surface area (Å²) in [7, 11) is 0. The van der Waals surface area contributed by atoms with Gasteiger partial charge in [-0.1, -0.05) is 24.1 Å². The lowest BCUT2D eigenvalue weighted by Crippen LogP contribution is -2.26. The van der Waals surface area contributed by atoms with Crippen LogP contribution in [0.3, 0.4) is 0 Å². The summed E-state index contributed by atoms with van der Waals surface area (Å²) in [6, 6.07) is 4.96. The summed E-state index contributed by atoms with van der Waals surface area (Å²) in [4.78, 5) is 0. The number of benzene rings is 1. The van der Waals surface area contributed by atoms with Gasteiger partial charge in [0, 0.05) is 6.54 Å². The third kappa shape index (κ3) is 2.93. The van der Waals surface area contributed by atoms with Crippen LogP contribution < -0.4 is 5.32 Å². The van der Waals surface area contributed by atoms with Crippen molar-refractivity contribution in [2.45, 2.75) is 25.8 Å². The Morgan fingerprint density at radius 3 is 2.80 bits per heavy atom. The molecule has 3 heteroatoms. The third-order valence-electron chi connectivity index (χ3n) is 2.97. The number of hydrogen-bond donors (Lipinski definition) is 1. The van der Waals surface area contributed by atoms with Crippen LogP contribution in [0.1, 0.15) is 24.8 Å². The van der Waals surface area contributed by atoms with Crippen LogP contribution in [-0.2, 0) is 6.54 Å². The zero-order chi connectivity index (χ0) is 10.7. The summed E-state index contributed by atoms with van der Waals surface area (Å²) in [6.45, 7) is 1.77. The van der Waals surface area contributed by atoms with Gasteiger partial charge >= 0.3 is 0 Å². The van der Waals surface area contributed by atoms with Gasteiger partial charge in [0.25, 0.3) is 0 Å². The summed E-state index contributed by atoms with van der Waals surface area (Å²) in [5.74, 6) is 0.502. The normalized spacial score (nSPS) is 16.4. The van der Waals surface area contributed by atoms with Gasteiger partial charge in [-0.05, 0) is 43.0 Å². The topological polar surface area (TPSA) is 12.0 Å². The molecule has 15 heavy (non-hydrogen) atoms. The lowest BCUT2D eigenvalue weighted by Gasteiger charge is -2.25. The third-order valence-corrected chi connectivity index (χ3v) is 3.28. The summed E-state index contributed by atoms with van der Waals surface area (Å²) >= 11 is 5.60. The quantitative estimate of drug-likeness (QED) is 0.832. The maximum Gasteiger partial charge on any atom is 0.142 e. The average molecular weight is 228 g/mol. The van der Waals surface area contributed by atoms with Crippen molar-refractivity contribution >= 4 is 11.6 Å². The highest BCUT2D eigenvalue weighted by molar-refractivity contribution is 6.30. The van der Waals surface area contributed by atoms with Gasteiger partial charge in [0.1, 0.15) is 5.82 Å². The largest absolute Gasteiger partial charge is 0.312 e. The van der Waals surface area contributed by atoms with Crippen LogP contribution in [0.5, 0.6) is 0 Å². The molecule has 0 unspecified atom stereocenters. The summed E-state index contributed by atoms with van der Waals surface area (Å²) in [6.07, 6.45) is 4.03. The van der Waals surface area contributed by atoms with Crippen molar-refractivity contribution in [3.63, 3.8) is 0 Å². The Kier molecular flexibility index (Phi) is 3.60. The van der Waals surface area contributed by atoms with Crippen LogP contribution in [0.15, 0.2) is 18.2 Å². The van der Waals surface area contributed by atoms with Gasteiger partial charge in [-0.3, -0.25) is 0 Å². The van der Waals surface area contributed by atoms with Gasteiger partial charge in [0.05, 0.1) is 5.02 Å². The molecule has 0 bridgehead atoms. The number of nitrogens with one attached hydrogen (secondary N) is 1. The van der Waals surface area contributed by atoms with E-state index in [0.717, 1.165) is 24.6 Å². The van der Waals surface area contributed by atoms with Crippen LogP contribution in [0.25, 0.3) is 0 Å². The summed E-state index contributed by atoms with van der Waals surface area (Å²) < 4.78 is 13.1. The minimum absolute atomic E-state index is 0.192. The molecule has 0 aliphatic heterocycles. The van der Waals surface area contributed by atoms with Crippen molar-refractivity contribution in [3.05, 3.63) is 34.6 Å². The molecule has 1 fully saturated rings. The number of halogens is 2. The average Bonchev–Trinajstić information content (AvgIpc) is 2.15. The van der Waals surface area contributed by atoms with Gasteiger partial charge in [-0.25, -0.2) is 4.39 Å². The van der Waals surface area contributed by atoms with Crippen LogP contribution in [0, 0.1) is 11.7 Å². The number of hydrogen-bond acceptors (Lipinski definition) is 1. The molecule has 1 saturated carbocycles. The van der Waals surface area contributed by atoms with Crippen molar-refractivity contribution in [1.29, 1.82) is 0 Å². The standard InChI is InChI=1S/C12H15ClFN/c13-11-5-4-10(6-12(11)14)8-15-7-9-2-1-3-9/h4-6,9,15H,1-3,7-8H2. The highest BCUT2D eigenvalue weighted by atomic mass is 35.5. The predicted molar refractivity (Wildman–Crippen MR) is 60.5 cm³/mol. The highest BCUT2D eigenvalue weighted by Crippen LogP contribution is 2.25. The van der Waals surface area contributed by atoms with Crippen LogP contribution in [0.2, 0.25) is 5.02 Å². The molecule has 2 rings (SSSR count). The second-order valence-corrected chi connectivity index (χ2v) is 4.58. The van der Waals surface area contributed by atoms with Crippen molar-refractivity contribution in [1.82, 2.24) is 5.32 Å². The maximum absolute atomic E-state index is 13.1. The molecule has 1 aliphatic rings. The zero-order valence-electron chi connectivity index (χ0n) is 8.60. The van der Waals surface area contributed by atoms with E-state index in [2.05, 4.69) is 5.32 Å². The molecule has 1 aliphatic carbocycles. The van der Waals surface area contributed by atoms with E-state index >= 15 is 0 Å². The zero-order valence-corrected chi connectivity index (χ0v) is 9.36. The maximum atomic E-state index is 13.1. The summed E-state index contributed by atoms with van der Waals surface area (Å²) in [5, 5.41) is 3.53. The molecular formula is C12H15ClFN. The first kappa shape index (κ1) is 10.9. The Morgan fingerprint density at radius 1 is 1.40 bits per heavy atom. The van der Waals surface area contributed by atoms with E-state index in [1.807, 2.05) is 6.07 Å². The van der Waals surface area contributed by atoms with Crippen molar-refractivity contribution in [2.24, 2.45) is 5.92 Å². The Labute approximate surface area is 94.6 Å². The first-order valence-electron chi connectivity index (χ1n) is 5.40. The molecule has 1 nitrogen and oxygen atoms in total. The Balaban J connectivity index is 1.79. The fourth-order valence-electron chi connectivity index (χ4n) is 1.77. The van der Waals surface area contributed by atoms with E-state index in [9.17, 15) is 4.39 Å². The first-order chi connectivity index (χ1) is 7.25. The van der Waals surface area contributed by atoms with E-state index in [1.54, 1.807) is 6.07 Å². The van der Waals surface area contributed by atoms with Gasteiger partial charge in [-0.2, -0.15) is 0 Å². The first-order valence-corrected chi connectivity index (χ1v) is 5.78. The van der Waals surface area contributed by atoms with E-state index in [1.165, 1.54) is 25.3 Å². The van der Waals surface area contributed by atoms with Crippen LogP contribution in [0.4, 0.5) is 4.39 Å². The van der Waals surface area contributed by atoms with Gasteiger partial charge < -0.3 is 5.32 Å². The van der Waals surface area contributed by atoms with E-state index in [4.69, 9.17) is 11.6 Å². The Morgan fingerprint density at radius 2 is 2.20 bits per heavy atom. The van der Waals surface area contributed by atoms with E-state index in [0.29, 0.717) is 0 Å². The minimum atomic E-state index is -0.334. The monoisotopic (exact) mass is 227 g/mol. The molecule has 1 N–H and O–H groups in total. The van der Waals surface area contributed by atoms with E-state index < -0.39 is 0 Å². The van der Waals surface area contributed by atoms with Crippen molar-refractivity contribution < 1.29 is 4.39 Å². The fraction of sp³-hybridized carbons (Fsp3) is 0.500. The predicted octanol–water partition coefficient (Wildman–Crippen LogP) is 3.37. The smallest absolute Gasteiger partial charge is 0.142 e. The molecule has 0 amide bonds. The molecule has 0 spiro atoms.